The Bertz CT molecular complexity index is 596. The van der Waals surface area contributed by atoms with E-state index in [1.807, 2.05) is 30.3 Å². The Kier molecular flexibility index (Phi) is 5.71. The number of aromatic amines is 1. The lowest BCUT2D eigenvalue weighted by atomic mass is 9.94. The average Bonchev–Trinajstić information content (AvgIpc) is 3.04. The number of nitrogens with zero attached hydrogens (tertiary/aromatic N) is 1. The SMILES string of the molecule is O=C(O)CCCNC(=O)CC(c1ccccc1)c1ncc[nH]1. The van der Waals surface area contributed by atoms with Gasteiger partial charge in [-0.1, -0.05) is 30.3 Å². The maximum absolute atomic E-state index is 12.1. The normalized spacial score (nSPS) is 11.8. The zero-order valence-electron chi connectivity index (χ0n) is 12.2. The van der Waals surface area contributed by atoms with E-state index in [9.17, 15) is 9.59 Å². The molecule has 3 N–H and O–H groups in total. The Morgan fingerprint density at radius 3 is 2.68 bits per heavy atom. The molecular weight excluding hydrogens is 282 g/mol. The van der Waals surface area contributed by atoms with Gasteiger partial charge in [-0.05, 0) is 12.0 Å². The van der Waals surface area contributed by atoms with Crippen LogP contribution in [0.5, 0.6) is 0 Å². The van der Waals surface area contributed by atoms with E-state index in [0.717, 1.165) is 11.4 Å². The lowest BCUT2D eigenvalue weighted by Gasteiger charge is -2.15. The summed E-state index contributed by atoms with van der Waals surface area (Å²) in [6.07, 6.45) is 4.15. The van der Waals surface area contributed by atoms with E-state index in [1.165, 1.54) is 0 Å². The smallest absolute Gasteiger partial charge is 0.303 e. The fraction of sp³-hybridized carbons (Fsp3) is 0.312. The van der Waals surface area contributed by atoms with Gasteiger partial charge in [0.2, 0.25) is 5.91 Å². The number of imidazole rings is 1. The summed E-state index contributed by atoms with van der Waals surface area (Å²) in [5, 5.41) is 11.3. The monoisotopic (exact) mass is 301 g/mol. The first-order valence-electron chi connectivity index (χ1n) is 7.19. The number of hydrogen-bond donors (Lipinski definition) is 3. The molecule has 0 saturated carbocycles. The summed E-state index contributed by atoms with van der Waals surface area (Å²) in [7, 11) is 0. The molecule has 1 heterocycles. The van der Waals surface area contributed by atoms with Crippen LogP contribution in [-0.4, -0.2) is 33.5 Å². The number of H-pyrrole nitrogens is 1. The Labute approximate surface area is 128 Å². The van der Waals surface area contributed by atoms with Crippen LogP contribution in [0.15, 0.2) is 42.7 Å². The van der Waals surface area contributed by atoms with Gasteiger partial charge in [0.1, 0.15) is 5.82 Å². The lowest BCUT2D eigenvalue weighted by molar-refractivity contribution is -0.137. The topological polar surface area (TPSA) is 95.1 Å². The maximum atomic E-state index is 12.1. The van der Waals surface area contributed by atoms with E-state index in [4.69, 9.17) is 5.11 Å². The van der Waals surface area contributed by atoms with Crippen molar-refractivity contribution in [1.29, 1.82) is 0 Å². The van der Waals surface area contributed by atoms with Crippen molar-refractivity contribution in [3.8, 4) is 0 Å². The first kappa shape index (κ1) is 15.8. The predicted molar refractivity (Wildman–Crippen MR) is 81.4 cm³/mol. The molecule has 1 atom stereocenters. The summed E-state index contributed by atoms with van der Waals surface area (Å²) in [6, 6.07) is 9.70. The molecule has 2 rings (SSSR count). The zero-order chi connectivity index (χ0) is 15.8. The summed E-state index contributed by atoms with van der Waals surface area (Å²) in [5.74, 6) is -0.370. The first-order valence-corrected chi connectivity index (χ1v) is 7.19. The minimum atomic E-state index is -0.855. The van der Waals surface area contributed by atoms with Crippen LogP contribution in [0.25, 0.3) is 0 Å². The van der Waals surface area contributed by atoms with Gasteiger partial charge in [0.25, 0.3) is 0 Å². The number of amides is 1. The number of carboxylic acid groups (broad SMARTS) is 1. The van der Waals surface area contributed by atoms with Crippen molar-refractivity contribution in [3.05, 3.63) is 54.1 Å². The van der Waals surface area contributed by atoms with Crippen LogP contribution in [0.1, 0.15) is 36.6 Å². The van der Waals surface area contributed by atoms with Crippen molar-refractivity contribution in [1.82, 2.24) is 15.3 Å². The van der Waals surface area contributed by atoms with E-state index in [0.29, 0.717) is 13.0 Å². The molecule has 6 heteroatoms. The molecule has 0 fully saturated rings. The number of carbonyl (C=O) groups is 2. The van der Waals surface area contributed by atoms with Gasteiger partial charge in [0, 0.05) is 31.8 Å². The van der Waals surface area contributed by atoms with E-state index in [2.05, 4.69) is 15.3 Å². The zero-order valence-corrected chi connectivity index (χ0v) is 12.2. The molecule has 1 aromatic carbocycles. The van der Waals surface area contributed by atoms with Crippen molar-refractivity contribution < 1.29 is 14.7 Å². The number of aromatic nitrogens is 2. The van der Waals surface area contributed by atoms with Gasteiger partial charge in [-0.25, -0.2) is 4.98 Å². The molecule has 0 aliphatic carbocycles. The first-order chi connectivity index (χ1) is 10.7. The molecule has 0 bridgehead atoms. The molecule has 1 unspecified atom stereocenters. The van der Waals surface area contributed by atoms with Gasteiger partial charge >= 0.3 is 5.97 Å². The van der Waals surface area contributed by atoms with Crippen LogP contribution in [0.3, 0.4) is 0 Å². The van der Waals surface area contributed by atoms with Crippen molar-refractivity contribution in [2.75, 3.05) is 6.54 Å². The Morgan fingerprint density at radius 2 is 2.05 bits per heavy atom. The molecule has 0 aliphatic heterocycles. The molecule has 116 valence electrons. The number of carbonyl (C=O) groups excluding carboxylic acids is 1. The second kappa shape index (κ2) is 7.97. The van der Waals surface area contributed by atoms with Crippen LogP contribution in [0.2, 0.25) is 0 Å². The highest BCUT2D eigenvalue weighted by molar-refractivity contribution is 5.77. The summed E-state index contributed by atoms with van der Waals surface area (Å²) >= 11 is 0. The number of rotatable bonds is 8. The number of carboxylic acids is 1. The third kappa shape index (κ3) is 4.73. The summed E-state index contributed by atoms with van der Waals surface area (Å²) in [5.41, 5.74) is 1.01. The van der Waals surface area contributed by atoms with Crippen LogP contribution >= 0.6 is 0 Å². The highest BCUT2D eigenvalue weighted by Gasteiger charge is 2.20. The molecule has 0 spiro atoms. The molecule has 22 heavy (non-hydrogen) atoms. The van der Waals surface area contributed by atoms with Crippen molar-refractivity contribution in [2.45, 2.75) is 25.2 Å². The Balaban J connectivity index is 1.96. The lowest BCUT2D eigenvalue weighted by Crippen LogP contribution is -2.27. The largest absolute Gasteiger partial charge is 0.481 e. The van der Waals surface area contributed by atoms with Gasteiger partial charge in [-0.15, -0.1) is 0 Å². The minimum Gasteiger partial charge on any atom is -0.481 e. The summed E-state index contributed by atoms with van der Waals surface area (Å²) in [4.78, 5) is 29.8. The number of nitrogens with one attached hydrogen (secondary N) is 2. The highest BCUT2D eigenvalue weighted by atomic mass is 16.4. The number of benzene rings is 1. The summed E-state index contributed by atoms with van der Waals surface area (Å²) in [6.45, 7) is 0.366. The van der Waals surface area contributed by atoms with Crippen LogP contribution in [0, 0.1) is 0 Å². The highest BCUT2D eigenvalue weighted by Crippen LogP contribution is 2.25. The van der Waals surface area contributed by atoms with Gasteiger partial charge in [0.15, 0.2) is 0 Å². The molecule has 0 radical (unpaired) electrons. The van der Waals surface area contributed by atoms with E-state index >= 15 is 0 Å². The molecule has 6 nitrogen and oxygen atoms in total. The fourth-order valence-electron chi connectivity index (χ4n) is 2.25. The van der Waals surface area contributed by atoms with Crippen LogP contribution < -0.4 is 5.32 Å². The van der Waals surface area contributed by atoms with E-state index < -0.39 is 5.97 Å². The quantitative estimate of drug-likeness (QED) is 0.649. The molecule has 0 saturated heterocycles. The van der Waals surface area contributed by atoms with Gasteiger partial charge in [0.05, 0.1) is 5.92 Å². The second-order valence-corrected chi connectivity index (χ2v) is 4.99. The number of aliphatic carboxylic acids is 1. The summed E-state index contributed by atoms with van der Waals surface area (Å²) < 4.78 is 0. The predicted octanol–water partition coefficient (Wildman–Crippen LogP) is 1.91. The standard InChI is InChI=1S/C16H19N3O3/c20-14(17-8-4-7-15(21)22)11-13(16-18-9-10-19-16)12-5-2-1-3-6-12/h1-3,5-6,9-10,13H,4,7-8,11H2,(H,17,20)(H,18,19)(H,21,22). The van der Waals surface area contributed by atoms with Crippen molar-refractivity contribution >= 4 is 11.9 Å². The van der Waals surface area contributed by atoms with Crippen molar-refractivity contribution in [3.63, 3.8) is 0 Å². The maximum Gasteiger partial charge on any atom is 0.303 e. The molecule has 0 aliphatic rings. The number of hydrogen-bond acceptors (Lipinski definition) is 3. The van der Waals surface area contributed by atoms with Gasteiger partial charge in [-0.2, -0.15) is 0 Å². The Morgan fingerprint density at radius 1 is 1.27 bits per heavy atom. The van der Waals surface area contributed by atoms with Crippen LogP contribution in [-0.2, 0) is 9.59 Å². The second-order valence-electron chi connectivity index (χ2n) is 4.99. The minimum absolute atomic E-state index is 0.0561. The molecule has 1 amide bonds. The Hall–Kier alpha value is -2.63. The van der Waals surface area contributed by atoms with Crippen molar-refractivity contribution in [2.24, 2.45) is 0 Å². The molecular formula is C16H19N3O3. The van der Waals surface area contributed by atoms with E-state index in [1.54, 1.807) is 12.4 Å². The van der Waals surface area contributed by atoms with E-state index in [-0.39, 0.29) is 24.7 Å². The third-order valence-electron chi connectivity index (χ3n) is 3.33. The van der Waals surface area contributed by atoms with Gasteiger partial charge in [-0.3, -0.25) is 9.59 Å². The third-order valence-corrected chi connectivity index (χ3v) is 3.33. The molecule has 2 aromatic rings. The average molecular weight is 301 g/mol. The van der Waals surface area contributed by atoms with Crippen LogP contribution in [0.4, 0.5) is 0 Å². The fourth-order valence-corrected chi connectivity index (χ4v) is 2.25. The van der Waals surface area contributed by atoms with Gasteiger partial charge < -0.3 is 15.4 Å². The molecule has 1 aromatic heterocycles.